The highest BCUT2D eigenvalue weighted by Gasteiger charge is 2.05. The van der Waals surface area contributed by atoms with Crippen LogP contribution in [0, 0.1) is 0 Å². The van der Waals surface area contributed by atoms with Gasteiger partial charge in [-0.05, 0) is 24.6 Å². The van der Waals surface area contributed by atoms with Gasteiger partial charge in [0.25, 0.3) is 0 Å². The highest BCUT2D eigenvalue weighted by Crippen LogP contribution is 2.29. The zero-order chi connectivity index (χ0) is 9.97. The van der Waals surface area contributed by atoms with Crippen LogP contribution in [0.5, 0.6) is 0 Å². The van der Waals surface area contributed by atoms with Crippen molar-refractivity contribution in [2.24, 2.45) is 5.73 Å². The fourth-order valence-electron chi connectivity index (χ4n) is 1.19. The van der Waals surface area contributed by atoms with Crippen LogP contribution in [0.25, 0.3) is 16.3 Å². The molecule has 2 aromatic heterocycles. The summed E-state index contributed by atoms with van der Waals surface area (Å²) in [6.07, 6.45) is 7.02. The molecule has 0 fully saturated rings. The molecule has 5 heteroatoms. The smallest absolute Gasteiger partial charge is 0.128 e. The topological polar surface area (TPSA) is 51.8 Å². The maximum absolute atomic E-state index is 5.34. The van der Waals surface area contributed by atoms with E-state index in [1.165, 1.54) is 6.20 Å². The molecule has 0 aliphatic carbocycles. The summed E-state index contributed by atoms with van der Waals surface area (Å²) in [5.74, 6) is 0. The summed E-state index contributed by atoms with van der Waals surface area (Å²) in [7, 11) is 0. The predicted molar refractivity (Wildman–Crippen MR) is 62.4 cm³/mol. The molecule has 72 valence electrons. The zero-order valence-corrected chi connectivity index (χ0v) is 9.23. The first-order chi connectivity index (χ1) is 6.85. The summed E-state index contributed by atoms with van der Waals surface area (Å²) >= 11 is 3.25. The van der Waals surface area contributed by atoms with E-state index < -0.39 is 0 Å². The predicted octanol–water partition coefficient (Wildman–Crippen LogP) is 2.34. The van der Waals surface area contributed by atoms with E-state index in [1.54, 1.807) is 29.4 Å². The lowest BCUT2D eigenvalue weighted by Gasteiger charge is -1.94. The van der Waals surface area contributed by atoms with Gasteiger partial charge in [0.2, 0.25) is 0 Å². The summed E-state index contributed by atoms with van der Waals surface area (Å²) in [6.45, 7) is 0. The lowest BCUT2D eigenvalue weighted by molar-refractivity contribution is 1.11. The van der Waals surface area contributed by atoms with Gasteiger partial charge in [-0.3, -0.25) is 0 Å². The number of hydrogen-bond acceptors (Lipinski definition) is 5. The maximum Gasteiger partial charge on any atom is 0.128 e. The minimum atomic E-state index is 1.01. The van der Waals surface area contributed by atoms with E-state index in [-0.39, 0.29) is 0 Å². The molecule has 0 unspecified atom stereocenters. The Balaban J connectivity index is 2.64. The minimum absolute atomic E-state index is 1.01. The third kappa shape index (κ3) is 1.60. The Hall–Kier alpha value is -1.07. The molecular formula is C9H9N3S2. The third-order valence-corrected chi connectivity index (χ3v) is 3.49. The van der Waals surface area contributed by atoms with Crippen LogP contribution in [0.3, 0.4) is 0 Å². The molecule has 0 radical (unpaired) electrons. The summed E-state index contributed by atoms with van der Waals surface area (Å²) in [6, 6.07) is 2.06. The van der Waals surface area contributed by atoms with Crippen LogP contribution in [-0.4, -0.2) is 16.2 Å². The average molecular weight is 223 g/mol. The van der Waals surface area contributed by atoms with Crippen molar-refractivity contribution in [3.8, 4) is 0 Å². The van der Waals surface area contributed by atoms with Gasteiger partial charge in [-0.25, -0.2) is 9.97 Å². The Morgan fingerprint density at radius 3 is 3.07 bits per heavy atom. The zero-order valence-electron chi connectivity index (χ0n) is 7.60. The molecule has 0 spiro atoms. The molecule has 0 aromatic carbocycles. The number of nitrogens with zero attached hydrogens (tertiary/aromatic N) is 2. The Morgan fingerprint density at radius 2 is 2.36 bits per heavy atom. The van der Waals surface area contributed by atoms with Crippen molar-refractivity contribution >= 4 is 39.4 Å². The second kappa shape index (κ2) is 3.98. The molecule has 0 amide bonds. The first-order valence-corrected chi connectivity index (χ1v) is 6.06. The fraction of sp³-hybridized carbons (Fsp3) is 0.111. The van der Waals surface area contributed by atoms with Gasteiger partial charge < -0.3 is 5.73 Å². The van der Waals surface area contributed by atoms with Crippen molar-refractivity contribution in [1.29, 1.82) is 0 Å². The van der Waals surface area contributed by atoms with Crippen molar-refractivity contribution in [1.82, 2.24) is 9.97 Å². The molecular weight excluding hydrogens is 214 g/mol. The number of aromatic nitrogens is 2. The van der Waals surface area contributed by atoms with Gasteiger partial charge in [0, 0.05) is 10.3 Å². The van der Waals surface area contributed by atoms with Crippen LogP contribution in [-0.2, 0) is 0 Å². The summed E-state index contributed by atoms with van der Waals surface area (Å²) < 4.78 is 0. The molecule has 0 saturated heterocycles. The number of nitrogens with two attached hydrogens (primary N) is 1. The maximum atomic E-state index is 5.34. The minimum Gasteiger partial charge on any atom is -0.405 e. The van der Waals surface area contributed by atoms with Crippen LogP contribution in [0.15, 0.2) is 23.6 Å². The molecule has 2 N–H and O–H groups in total. The number of thioether (sulfide) groups is 1. The first kappa shape index (κ1) is 9.48. The number of thiophene rings is 1. The standard InChI is InChI=1S/C9H9N3S2/c1-13-8-7-4-6(2-3-10)14-9(7)12-5-11-8/h2-5H,10H2,1H3. The van der Waals surface area contributed by atoms with Crippen molar-refractivity contribution in [3.05, 3.63) is 23.5 Å². The van der Waals surface area contributed by atoms with Gasteiger partial charge in [-0.15, -0.1) is 23.1 Å². The lowest BCUT2D eigenvalue weighted by Crippen LogP contribution is -1.80. The van der Waals surface area contributed by atoms with E-state index in [4.69, 9.17) is 5.73 Å². The molecule has 2 aromatic rings. The number of rotatable bonds is 2. The molecule has 14 heavy (non-hydrogen) atoms. The monoisotopic (exact) mass is 223 g/mol. The second-order valence-corrected chi connectivity index (χ2v) is 4.47. The second-order valence-electron chi connectivity index (χ2n) is 2.61. The van der Waals surface area contributed by atoms with E-state index in [9.17, 15) is 0 Å². The van der Waals surface area contributed by atoms with Crippen molar-refractivity contribution < 1.29 is 0 Å². The molecule has 0 aliphatic rings. The largest absolute Gasteiger partial charge is 0.405 e. The Labute approximate surface area is 90.1 Å². The van der Waals surface area contributed by atoms with Crippen molar-refractivity contribution in [3.63, 3.8) is 0 Å². The molecule has 0 saturated carbocycles. The normalized spacial score (nSPS) is 11.5. The van der Waals surface area contributed by atoms with Crippen molar-refractivity contribution in [2.75, 3.05) is 6.26 Å². The van der Waals surface area contributed by atoms with Crippen molar-refractivity contribution in [2.45, 2.75) is 5.03 Å². The van der Waals surface area contributed by atoms with E-state index >= 15 is 0 Å². The van der Waals surface area contributed by atoms with E-state index in [0.717, 1.165) is 20.1 Å². The summed E-state index contributed by atoms with van der Waals surface area (Å²) in [4.78, 5) is 10.5. The van der Waals surface area contributed by atoms with Gasteiger partial charge in [0.1, 0.15) is 16.2 Å². The van der Waals surface area contributed by atoms with Gasteiger partial charge in [-0.1, -0.05) is 0 Å². The molecule has 2 heterocycles. The quantitative estimate of drug-likeness (QED) is 0.627. The Bertz CT molecular complexity index is 476. The molecule has 0 bridgehead atoms. The van der Waals surface area contributed by atoms with Crippen LogP contribution < -0.4 is 5.73 Å². The number of fused-ring (bicyclic) bond motifs is 1. The molecule has 0 atom stereocenters. The van der Waals surface area contributed by atoms with Gasteiger partial charge in [0.15, 0.2) is 0 Å². The van der Waals surface area contributed by atoms with Crippen LogP contribution >= 0.6 is 23.1 Å². The molecule has 3 nitrogen and oxygen atoms in total. The summed E-state index contributed by atoms with van der Waals surface area (Å²) in [5, 5.41) is 2.13. The van der Waals surface area contributed by atoms with E-state index in [0.29, 0.717) is 0 Å². The fourth-order valence-corrected chi connectivity index (χ4v) is 2.70. The third-order valence-electron chi connectivity index (χ3n) is 1.77. The summed E-state index contributed by atoms with van der Waals surface area (Å²) in [5.41, 5.74) is 5.34. The van der Waals surface area contributed by atoms with Gasteiger partial charge in [0.05, 0.1) is 0 Å². The molecule has 0 aliphatic heterocycles. The van der Waals surface area contributed by atoms with Crippen LogP contribution in [0.4, 0.5) is 0 Å². The number of hydrogen-bond donors (Lipinski definition) is 1. The van der Waals surface area contributed by atoms with Crippen LogP contribution in [0.1, 0.15) is 4.88 Å². The average Bonchev–Trinajstić information content (AvgIpc) is 2.60. The van der Waals surface area contributed by atoms with E-state index in [2.05, 4.69) is 16.0 Å². The van der Waals surface area contributed by atoms with E-state index in [1.807, 2.05) is 12.3 Å². The SMILES string of the molecule is CSc1ncnc2sc(C=CN)cc12. The Morgan fingerprint density at radius 1 is 1.50 bits per heavy atom. The highest BCUT2D eigenvalue weighted by atomic mass is 32.2. The first-order valence-electron chi connectivity index (χ1n) is 4.02. The van der Waals surface area contributed by atoms with Gasteiger partial charge >= 0.3 is 0 Å². The van der Waals surface area contributed by atoms with Crippen LogP contribution in [0.2, 0.25) is 0 Å². The Kier molecular flexibility index (Phi) is 2.69. The molecule has 2 rings (SSSR count). The van der Waals surface area contributed by atoms with Gasteiger partial charge in [-0.2, -0.15) is 0 Å². The highest BCUT2D eigenvalue weighted by molar-refractivity contribution is 7.98. The lowest BCUT2D eigenvalue weighted by atomic mass is 10.3.